The molecule has 2 heterocycles. The normalized spacial score (nSPS) is 11.4. The van der Waals surface area contributed by atoms with Crippen LogP contribution in [0.1, 0.15) is 31.4 Å². The Kier molecular flexibility index (Phi) is 3.29. The van der Waals surface area contributed by atoms with Gasteiger partial charge in [-0.3, -0.25) is 9.55 Å². The third-order valence-corrected chi connectivity index (χ3v) is 3.38. The van der Waals surface area contributed by atoms with Gasteiger partial charge >= 0.3 is 5.69 Å². The van der Waals surface area contributed by atoms with Crippen LogP contribution in [0, 0.1) is 6.92 Å². The van der Waals surface area contributed by atoms with Crippen molar-refractivity contribution in [3.05, 3.63) is 52.5 Å². The van der Waals surface area contributed by atoms with Crippen LogP contribution in [0.4, 0.5) is 0 Å². The molecule has 0 unspecified atom stereocenters. The quantitative estimate of drug-likeness (QED) is 0.736. The number of nitrogens with zero attached hydrogens (tertiary/aromatic N) is 5. The average molecular weight is 283 g/mol. The van der Waals surface area contributed by atoms with E-state index in [0.29, 0.717) is 12.4 Å². The van der Waals surface area contributed by atoms with Gasteiger partial charge in [0.2, 0.25) is 0 Å². The highest BCUT2D eigenvalue weighted by atomic mass is 16.2. The largest absolute Gasteiger partial charge is 0.346 e. The topological polar surface area (TPSA) is 65.6 Å². The van der Waals surface area contributed by atoms with E-state index < -0.39 is 0 Å². The molecule has 0 saturated carbocycles. The summed E-state index contributed by atoms with van der Waals surface area (Å²) in [5.74, 6) is 0.684. The molecular formula is C15H17N5O. The number of aryl methyl sites for hydroxylation is 1. The molecule has 0 N–H and O–H groups in total. The van der Waals surface area contributed by atoms with Gasteiger partial charge in [0.15, 0.2) is 0 Å². The predicted octanol–water partition coefficient (Wildman–Crippen LogP) is 1.93. The van der Waals surface area contributed by atoms with E-state index in [1.807, 2.05) is 45.0 Å². The summed E-state index contributed by atoms with van der Waals surface area (Å²) >= 11 is 0. The lowest BCUT2D eigenvalue weighted by atomic mass is 10.3. The van der Waals surface area contributed by atoms with Gasteiger partial charge in [-0.25, -0.2) is 14.5 Å². The molecule has 0 atom stereocenters. The summed E-state index contributed by atoms with van der Waals surface area (Å²) < 4.78 is 3.11. The van der Waals surface area contributed by atoms with Crippen LogP contribution in [0.3, 0.4) is 0 Å². The van der Waals surface area contributed by atoms with E-state index in [1.165, 1.54) is 4.68 Å². The fourth-order valence-corrected chi connectivity index (χ4v) is 2.27. The smallest absolute Gasteiger partial charge is 0.273 e. The lowest BCUT2D eigenvalue weighted by molar-refractivity contribution is 0.505. The first-order chi connectivity index (χ1) is 10.1. The lowest BCUT2D eigenvalue weighted by Crippen LogP contribution is -2.27. The summed E-state index contributed by atoms with van der Waals surface area (Å²) in [4.78, 5) is 21.2. The molecule has 6 heteroatoms. The van der Waals surface area contributed by atoms with E-state index in [4.69, 9.17) is 0 Å². The highest BCUT2D eigenvalue weighted by Gasteiger charge is 2.13. The van der Waals surface area contributed by atoms with Crippen LogP contribution in [0.2, 0.25) is 0 Å². The summed E-state index contributed by atoms with van der Waals surface area (Å²) in [5, 5.41) is 4.29. The molecule has 21 heavy (non-hydrogen) atoms. The van der Waals surface area contributed by atoms with E-state index in [9.17, 15) is 4.79 Å². The van der Waals surface area contributed by atoms with Crippen molar-refractivity contribution in [3.8, 4) is 0 Å². The lowest BCUT2D eigenvalue weighted by Gasteiger charge is -2.04. The van der Waals surface area contributed by atoms with Gasteiger partial charge in [0.25, 0.3) is 0 Å². The van der Waals surface area contributed by atoms with Crippen LogP contribution >= 0.6 is 0 Å². The van der Waals surface area contributed by atoms with E-state index in [0.717, 1.165) is 16.7 Å². The van der Waals surface area contributed by atoms with Crippen molar-refractivity contribution in [1.29, 1.82) is 0 Å². The first-order valence-corrected chi connectivity index (χ1v) is 6.93. The van der Waals surface area contributed by atoms with E-state index >= 15 is 0 Å². The fraction of sp³-hybridized carbons (Fsp3) is 0.333. The number of rotatable bonds is 3. The SMILES string of the molecule is Cc1nn(C(C)C)c(=O)n1Cc1cnc2ccccc2n1. The van der Waals surface area contributed by atoms with Gasteiger partial charge in [-0.2, -0.15) is 5.10 Å². The summed E-state index contributed by atoms with van der Waals surface area (Å²) in [6, 6.07) is 7.73. The zero-order valence-electron chi connectivity index (χ0n) is 12.3. The number of hydrogen-bond donors (Lipinski definition) is 0. The minimum Gasteiger partial charge on any atom is -0.273 e. The molecule has 3 aromatic rings. The molecule has 3 rings (SSSR count). The molecule has 0 bridgehead atoms. The Labute approximate surface area is 122 Å². The van der Waals surface area contributed by atoms with Gasteiger partial charge < -0.3 is 0 Å². The van der Waals surface area contributed by atoms with Crippen molar-refractivity contribution in [1.82, 2.24) is 24.3 Å². The van der Waals surface area contributed by atoms with Gasteiger partial charge in [0.05, 0.1) is 35.5 Å². The van der Waals surface area contributed by atoms with Crippen LogP contribution in [0.5, 0.6) is 0 Å². The number of para-hydroxylation sites is 2. The van der Waals surface area contributed by atoms with Crippen molar-refractivity contribution in [2.45, 2.75) is 33.4 Å². The highest BCUT2D eigenvalue weighted by Crippen LogP contribution is 2.09. The molecule has 0 fully saturated rings. The third-order valence-electron chi connectivity index (χ3n) is 3.38. The Bertz CT molecular complexity index is 847. The molecule has 6 nitrogen and oxygen atoms in total. The summed E-state index contributed by atoms with van der Waals surface area (Å²) in [6.45, 7) is 6.09. The minimum absolute atomic E-state index is 0.0418. The molecular weight excluding hydrogens is 266 g/mol. The maximum absolute atomic E-state index is 12.3. The second kappa shape index (κ2) is 5.12. The predicted molar refractivity (Wildman–Crippen MR) is 80.2 cm³/mol. The van der Waals surface area contributed by atoms with Crippen molar-refractivity contribution in [2.75, 3.05) is 0 Å². The van der Waals surface area contributed by atoms with Crippen LogP contribution in [0.25, 0.3) is 11.0 Å². The van der Waals surface area contributed by atoms with Crippen molar-refractivity contribution >= 4 is 11.0 Å². The molecule has 0 amide bonds. The zero-order valence-corrected chi connectivity index (χ0v) is 12.3. The molecule has 0 saturated heterocycles. The monoisotopic (exact) mass is 283 g/mol. The van der Waals surface area contributed by atoms with E-state index in [2.05, 4.69) is 15.1 Å². The van der Waals surface area contributed by atoms with E-state index in [-0.39, 0.29) is 11.7 Å². The van der Waals surface area contributed by atoms with Crippen molar-refractivity contribution in [2.24, 2.45) is 0 Å². The van der Waals surface area contributed by atoms with Crippen molar-refractivity contribution < 1.29 is 0 Å². The number of fused-ring (bicyclic) bond motifs is 1. The van der Waals surface area contributed by atoms with Gasteiger partial charge in [-0.15, -0.1) is 0 Å². The molecule has 0 aliphatic rings. The molecule has 2 aromatic heterocycles. The Balaban J connectivity index is 2.00. The van der Waals surface area contributed by atoms with Crippen LogP contribution in [0.15, 0.2) is 35.3 Å². The Morgan fingerprint density at radius 2 is 1.90 bits per heavy atom. The third kappa shape index (κ3) is 2.44. The maximum atomic E-state index is 12.3. The van der Waals surface area contributed by atoms with Gasteiger partial charge in [-0.1, -0.05) is 12.1 Å². The zero-order chi connectivity index (χ0) is 15.0. The van der Waals surface area contributed by atoms with Crippen LogP contribution in [-0.4, -0.2) is 24.3 Å². The maximum Gasteiger partial charge on any atom is 0.346 e. The number of aromatic nitrogens is 5. The second-order valence-electron chi connectivity index (χ2n) is 5.30. The molecule has 0 aliphatic heterocycles. The van der Waals surface area contributed by atoms with Crippen molar-refractivity contribution in [3.63, 3.8) is 0 Å². The average Bonchev–Trinajstić information content (AvgIpc) is 2.75. The Hall–Kier alpha value is -2.50. The molecule has 108 valence electrons. The fourth-order valence-electron chi connectivity index (χ4n) is 2.27. The molecule has 0 radical (unpaired) electrons. The molecule has 0 aliphatic carbocycles. The summed E-state index contributed by atoms with van der Waals surface area (Å²) in [7, 11) is 0. The van der Waals surface area contributed by atoms with Gasteiger partial charge in [-0.05, 0) is 32.9 Å². The Morgan fingerprint density at radius 1 is 1.19 bits per heavy atom. The summed E-state index contributed by atoms with van der Waals surface area (Å²) in [6.07, 6.45) is 1.71. The first-order valence-electron chi connectivity index (χ1n) is 6.93. The summed E-state index contributed by atoms with van der Waals surface area (Å²) in [5.41, 5.74) is 2.32. The van der Waals surface area contributed by atoms with Gasteiger partial charge in [0, 0.05) is 0 Å². The van der Waals surface area contributed by atoms with E-state index in [1.54, 1.807) is 10.8 Å². The van der Waals surface area contributed by atoms with Crippen LogP contribution in [-0.2, 0) is 6.54 Å². The highest BCUT2D eigenvalue weighted by molar-refractivity contribution is 5.73. The van der Waals surface area contributed by atoms with Crippen LogP contribution < -0.4 is 5.69 Å². The number of hydrogen-bond acceptors (Lipinski definition) is 4. The molecule has 0 spiro atoms. The first kappa shape index (κ1) is 13.5. The standard InChI is InChI=1S/C15H17N5O/c1-10(2)20-15(21)19(11(3)18-20)9-12-8-16-13-6-4-5-7-14(13)17-12/h4-8,10H,9H2,1-3H3. The Morgan fingerprint density at radius 3 is 2.57 bits per heavy atom. The molecule has 1 aromatic carbocycles. The number of benzene rings is 1. The minimum atomic E-state index is -0.113. The second-order valence-corrected chi connectivity index (χ2v) is 5.30. The van der Waals surface area contributed by atoms with Gasteiger partial charge in [0.1, 0.15) is 5.82 Å².